The van der Waals surface area contributed by atoms with Gasteiger partial charge in [-0.05, 0) is 43.9 Å². The fourth-order valence-corrected chi connectivity index (χ4v) is 3.79. The van der Waals surface area contributed by atoms with Gasteiger partial charge < -0.3 is 15.0 Å². The van der Waals surface area contributed by atoms with Crippen LogP contribution in [0.15, 0.2) is 73.3 Å². The first-order valence-corrected chi connectivity index (χ1v) is 11.5. The molecule has 4 rings (SSSR count). The second-order valence-electron chi connectivity index (χ2n) is 8.68. The lowest BCUT2D eigenvalue weighted by molar-refractivity contribution is -0.144. The third-order valence-corrected chi connectivity index (χ3v) is 5.50. The first kappa shape index (κ1) is 25.3. The standard InChI is InChI=1S/C28H26N6O3/c1-19(35)37-18-34-17-26(21-7-4-6-20(10-21)13-29)25-12-23(15-31-28(25)34)22-11-24(16-30-14-22)32-27(36)8-5-9-33(2)3/h4-8,10-12,14-17H,9,18H2,1-3H3,(H,32,36)/b8-5+. The Morgan fingerprint density at radius 1 is 1.14 bits per heavy atom. The number of carbonyl (C=O) groups is 2. The lowest BCUT2D eigenvalue weighted by atomic mass is 10.0. The first-order valence-electron chi connectivity index (χ1n) is 11.5. The summed E-state index contributed by atoms with van der Waals surface area (Å²) in [6.07, 6.45) is 10.1. The number of esters is 1. The second-order valence-corrected chi connectivity index (χ2v) is 8.68. The van der Waals surface area contributed by atoms with Crippen molar-refractivity contribution in [1.29, 1.82) is 5.26 Å². The summed E-state index contributed by atoms with van der Waals surface area (Å²) in [5.41, 5.74) is 4.98. The average Bonchev–Trinajstić information content (AvgIpc) is 3.25. The Bertz CT molecular complexity index is 1530. The monoisotopic (exact) mass is 494 g/mol. The number of aromatic nitrogens is 3. The van der Waals surface area contributed by atoms with Crippen LogP contribution in [-0.4, -0.2) is 52.0 Å². The molecule has 0 atom stereocenters. The molecule has 0 fully saturated rings. The molecule has 0 saturated carbocycles. The summed E-state index contributed by atoms with van der Waals surface area (Å²) in [6.45, 7) is 2.03. The summed E-state index contributed by atoms with van der Waals surface area (Å²) in [4.78, 5) is 34.6. The van der Waals surface area contributed by atoms with Gasteiger partial charge in [-0.25, -0.2) is 4.98 Å². The number of likely N-dealkylation sites (N-methyl/N-ethyl adjacent to an activating group) is 1. The zero-order chi connectivity index (χ0) is 26.4. The van der Waals surface area contributed by atoms with E-state index < -0.39 is 5.97 Å². The number of hydrogen-bond donors (Lipinski definition) is 1. The van der Waals surface area contributed by atoms with Gasteiger partial charge in [-0.3, -0.25) is 19.1 Å². The molecule has 3 heterocycles. The van der Waals surface area contributed by atoms with Crippen molar-refractivity contribution >= 4 is 28.6 Å². The molecular weight excluding hydrogens is 468 g/mol. The number of carbonyl (C=O) groups excluding carboxylic acids is 2. The Morgan fingerprint density at radius 2 is 1.95 bits per heavy atom. The van der Waals surface area contributed by atoms with Crippen molar-refractivity contribution in [2.24, 2.45) is 0 Å². The fraction of sp³-hybridized carbons (Fsp3) is 0.179. The van der Waals surface area contributed by atoms with Crippen LogP contribution in [0.2, 0.25) is 0 Å². The largest absolute Gasteiger partial charge is 0.444 e. The van der Waals surface area contributed by atoms with Gasteiger partial charge in [0.2, 0.25) is 5.91 Å². The van der Waals surface area contributed by atoms with Gasteiger partial charge in [0.05, 0.1) is 23.5 Å². The Balaban J connectivity index is 1.71. The van der Waals surface area contributed by atoms with Crippen LogP contribution in [0, 0.1) is 11.3 Å². The van der Waals surface area contributed by atoms with Gasteiger partial charge in [0.25, 0.3) is 0 Å². The van der Waals surface area contributed by atoms with E-state index in [1.807, 2.05) is 49.5 Å². The molecule has 0 unspecified atom stereocenters. The maximum atomic E-state index is 12.3. The van der Waals surface area contributed by atoms with E-state index in [9.17, 15) is 14.9 Å². The molecule has 0 spiro atoms. The van der Waals surface area contributed by atoms with Crippen LogP contribution in [0.5, 0.6) is 0 Å². The molecule has 1 amide bonds. The normalized spacial score (nSPS) is 11.1. The van der Waals surface area contributed by atoms with E-state index in [-0.39, 0.29) is 12.6 Å². The molecule has 4 aromatic rings. The second kappa shape index (κ2) is 11.3. The molecular formula is C28H26N6O3. The smallest absolute Gasteiger partial charge is 0.304 e. The zero-order valence-electron chi connectivity index (χ0n) is 20.8. The molecule has 0 aliphatic carbocycles. The summed E-state index contributed by atoms with van der Waals surface area (Å²) in [6, 6.07) is 13.3. The summed E-state index contributed by atoms with van der Waals surface area (Å²) in [7, 11) is 3.85. The average molecular weight is 495 g/mol. The number of rotatable bonds is 8. The molecule has 0 saturated heterocycles. The summed E-state index contributed by atoms with van der Waals surface area (Å²) in [5.74, 6) is -0.635. The number of fused-ring (bicyclic) bond motifs is 1. The minimum Gasteiger partial charge on any atom is -0.444 e. The van der Waals surface area contributed by atoms with E-state index >= 15 is 0 Å². The third-order valence-electron chi connectivity index (χ3n) is 5.50. The van der Waals surface area contributed by atoms with Crippen molar-refractivity contribution in [2.75, 3.05) is 26.0 Å². The van der Waals surface area contributed by atoms with Crippen LogP contribution in [-0.2, 0) is 21.1 Å². The Labute approximate surface area is 214 Å². The number of nitriles is 1. The molecule has 1 N–H and O–H groups in total. The molecule has 0 bridgehead atoms. The SMILES string of the molecule is CC(=O)OCn1cc(-c2cccc(C#N)c2)c2cc(-c3cncc(NC(=O)/C=C/CN(C)C)c3)cnc21. The maximum absolute atomic E-state index is 12.3. The fourth-order valence-electron chi connectivity index (χ4n) is 3.79. The molecule has 0 aliphatic rings. The van der Waals surface area contributed by atoms with Gasteiger partial charge in [0.1, 0.15) is 5.65 Å². The quantitative estimate of drug-likeness (QED) is 0.288. The summed E-state index contributed by atoms with van der Waals surface area (Å²) < 4.78 is 6.97. The number of pyridine rings is 2. The van der Waals surface area contributed by atoms with Gasteiger partial charge in [-0.2, -0.15) is 5.26 Å². The van der Waals surface area contributed by atoms with Gasteiger partial charge in [0.15, 0.2) is 6.73 Å². The van der Waals surface area contributed by atoms with Crippen LogP contribution < -0.4 is 5.32 Å². The van der Waals surface area contributed by atoms with Crippen LogP contribution >= 0.6 is 0 Å². The molecule has 1 aromatic carbocycles. The van der Waals surface area contributed by atoms with Crippen LogP contribution in [0.1, 0.15) is 12.5 Å². The maximum Gasteiger partial charge on any atom is 0.304 e. The molecule has 9 heteroatoms. The number of benzene rings is 1. The molecule has 0 aliphatic heterocycles. The first-order chi connectivity index (χ1) is 17.8. The third kappa shape index (κ3) is 6.25. The highest BCUT2D eigenvalue weighted by Crippen LogP contribution is 2.33. The minimum atomic E-state index is -0.395. The van der Waals surface area contributed by atoms with Crippen molar-refractivity contribution in [3.63, 3.8) is 0 Å². The zero-order valence-corrected chi connectivity index (χ0v) is 20.8. The number of hydrogen-bond acceptors (Lipinski definition) is 7. The van der Waals surface area contributed by atoms with Crippen molar-refractivity contribution in [3.8, 4) is 28.3 Å². The Morgan fingerprint density at radius 3 is 2.70 bits per heavy atom. The highest BCUT2D eigenvalue weighted by molar-refractivity contribution is 6.00. The van der Waals surface area contributed by atoms with Gasteiger partial charge in [-0.1, -0.05) is 18.2 Å². The Kier molecular flexibility index (Phi) is 7.71. The summed E-state index contributed by atoms with van der Waals surface area (Å²) >= 11 is 0. The highest BCUT2D eigenvalue weighted by Gasteiger charge is 2.15. The van der Waals surface area contributed by atoms with E-state index in [0.29, 0.717) is 23.4 Å². The molecule has 186 valence electrons. The number of amides is 1. The van der Waals surface area contributed by atoms with Crippen molar-refractivity contribution in [2.45, 2.75) is 13.7 Å². The molecule has 37 heavy (non-hydrogen) atoms. The van der Waals surface area contributed by atoms with Crippen molar-refractivity contribution < 1.29 is 14.3 Å². The van der Waals surface area contributed by atoms with Crippen LogP contribution in [0.3, 0.4) is 0 Å². The van der Waals surface area contributed by atoms with E-state index in [4.69, 9.17) is 4.74 Å². The number of nitrogens with zero attached hydrogens (tertiary/aromatic N) is 5. The molecule has 0 radical (unpaired) electrons. The number of anilines is 1. The predicted octanol–water partition coefficient (Wildman–Crippen LogP) is 4.21. The van der Waals surface area contributed by atoms with Crippen molar-refractivity contribution in [1.82, 2.24) is 19.4 Å². The number of ether oxygens (including phenoxy) is 1. The van der Waals surface area contributed by atoms with E-state index in [2.05, 4.69) is 21.4 Å². The van der Waals surface area contributed by atoms with Crippen molar-refractivity contribution in [3.05, 3.63) is 78.9 Å². The van der Waals surface area contributed by atoms with Gasteiger partial charge in [-0.15, -0.1) is 0 Å². The Hall–Kier alpha value is -4.81. The predicted molar refractivity (Wildman–Crippen MR) is 141 cm³/mol. The topological polar surface area (TPSA) is 113 Å². The van der Waals surface area contributed by atoms with Gasteiger partial charge >= 0.3 is 5.97 Å². The summed E-state index contributed by atoms with van der Waals surface area (Å²) in [5, 5.41) is 13.0. The van der Waals surface area contributed by atoms with Gasteiger partial charge in [0, 0.05) is 60.2 Å². The minimum absolute atomic E-state index is 0.0144. The lowest BCUT2D eigenvalue weighted by Crippen LogP contribution is -2.13. The number of nitrogens with one attached hydrogen (secondary N) is 1. The van der Waals surface area contributed by atoms with E-state index in [1.54, 1.807) is 41.4 Å². The molecule has 9 nitrogen and oxygen atoms in total. The van der Waals surface area contributed by atoms with E-state index in [1.165, 1.54) is 13.0 Å². The van der Waals surface area contributed by atoms with E-state index in [0.717, 1.165) is 27.6 Å². The molecule has 3 aromatic heterocycles. The lowest BCUT2D eigenvalue weighted by Gasteiger charge is -2.08. The van der Waals surface area contributed by atoms with Crippen LogP contribution in [0.4, 0.5) is 5.69 Å². The van der Waals surface area contributed by atoms with Crippen LogP contribution in [0.25, 0.3) is 33.3 Å². The highest BCUT2D eigenvalue weighted by atomic mass is 16.5.